The maximum Gasteiger partial charge on any atom is 0.115 e. The number of phenolic OH excluding ortho intramolecular Hbond substituents is 4. The average Bonchev–Trinajstić information content (AvgIpc) is 2.87. The van der Waals surface area contributed by atoms with Crippen LogP contribution in [0.15, 0.2) is 97.1 Å². The molecule has 0 atom stereocenters. The monoisotopic (exact) mass is 470 g/mol. The molecule has 4 N–H and O–H groups in total. The smallest absolute Gasteiger partial charge is 0.115 e. The van der Waals surface area contributed by atoms with E-state index in [-0.39, 0.29) is 11.5 Å². The highest BCUT2D eigenvalue weighted by molar-refractivity contribution is 5.38. The van der Waals surface area contributed by atoms with E-state index >= 15 is 0 Å². The van der Waals surface area contributed by atoms with Gasteiger partial charge in [0.1, 0.15) is 23.0 Å². The standard InChI is InChI=1S/C16H18O2.C15H16O2/c1-2-3-16(12-4-8-14(17)9-5-12)13-6-10-15(18)11-7-13;1-2-15(11-3-7-13(16)8-4-11)12-5-9-14(17)10-6-12/h4-11,16-18H,2-3H2,1H3;3-10,15-17H,2H2,1H3. The van der Waals surface area contributed by atoms with Crippen LogP contribution in [0.4, 0.5) is 0 Å². The first-order valence-corrected chi connectivity index (χ1v) is 12.1. The van der Waals surface area contributed by atoms with Crippen LogP contribution >= 0.6 is 0 Å². The molecule has 0 saturated carbocycles. The molecule has 4 heteroatoms. The Balaban J connectivity index is 0.000000196. The quantitative estimate of drug-likeness (QED) is 0.223. The molecule has 35 heavy (non-hydrogen) atoms. The van der Waals surface area contributed by atoms with Crippen molar-refractivity contribution in [3.8, 4) is 23.0 Å². The van der Waals surface area contributed by atoms with Crippen LogP contribution in [-0.4, -0.2) is 20.4 Å². The van der Waals surface area contributed by atoms with Crippen molar-refractivity contribution < 1.29 is 20.4 Å². The Kier molecular flexibility index (Phi) is 9.19. The maximum absolute atomic E-state index is 9.34. The third kappa shape index (κ3) is 7.28. The van der Waals surface area contributed by atoms with E-state index < -0.39 is 0 Å². The highest BCUT2D eigenvalue weighted by atomic mass is 16.3. The first-order chi connectivity index (χ1) is 16.9. The predicted octanol–water partition coefficient (Wildman–Crippen LogP) is 7.67. The molecule has 0 bridgehead atoms. The van der Waals surface area contributed by atoms with Crippen molar-refractivity contribution >= 4 is 0 Å². The van der Waals surface area contributed by atoms with Crippen LogP contribution in [-0.2, 0) is 0 Å². The van der Waals surface area contributed by atoms with E-state index in [2.05, 4.69) is 13.8 Å². The molecule has 0 aliphatic heterocycles. The SMILES string of the molecule is CCC(c1ccc(O)cc1)c1ccc(O)cc1.CCCC(c1ccc(O)cc1)c1ccc(O)cc1. The number of benzene rings is 4. The fourth-order valence-corrected chi connectivity index (χ4v) is 4.30. The molecular formula is C31H34O4. The summed E-state index contributed by atoms with van der Waals surface area (Å²) in [5, 5.41) is 37.3. The zero-order chi connectivity index (χ0) is 25.2. The first kappa shape index (κ1) is 25.7. The maximum atomic E-state index is 9.34. The largest absolute Gasteiger partial charge is 0.508 e. The molecule has 4 aromatic carbocycles. The molecule has 0 aliphatic carbocycles. The van der Waals surface area contributed by atoms with E-state index in [0.29, 0.717) is 23.3 Å². The molecule has 0 spiro atoms. The van der Waals surface area contributed by atoms with Crippen LogP contribution < -0.4 is 0 Å². The summed E-state index contributed by atoms with van der Waals surface area (Å²) < 4.78 is 0. The summed E-state index contributed by atoms with van der Waals surface area (Å²) in [7, 11) is 0. The molecule has 4 aromatic rings. The number of hydrogen-bond acceptors (Lipinski definition) is 4. The minimum Gasteiger partial charge on any atom is -0.508 e. The lowest BCUT2D eigenvalue weighted by molar-refractivity contribution is 0.474. The molecule has 0 saturated heterocycles. The number of aromatic hydroxyl groups is 4. The van der Waals surface area contributed by atoms with Gasteiger partial charge in [0, 0.05) is 11.8 Å². The Hall–Kier alpha value is -3.92. The minimum absolute atomic E-state index is 0.286. The second-order valence-electron chi connectivity index (χ2n) is 8.67. The highest BCUT2D eigenvalue weighted by Gasteiger charge is 2.13. The van der Waals surface area contributed by atoms with Crippen molar-refractivity contribution in [3.05, 3.63) is 119 Å². The van der Waals surface area contributed by atoms with E-state index in [1.165, 1.54) is 22.3 Å². The lowest BCUT2D eigenvalue weighted by Crippen LogP contribution is -2.00. The van der Waals surface area contributed by atoms with Gasteiger partial charge in [0.2, 0.25) is 0 Å². The average molecular weight is 471 g/mol. The van der Waals surface area contributed by atoms with E-state index in [4.69, 9.17) is 0 Å². The van der Waals surface area contributed by atoms with Crippen LogP contribution in [0.2, 0.25) is 0 Å². The lowest BCUT2D eigenvalue weighted by Gasteiger charge is -2.17. The van der Waals surface area contributed by atoms with Crippen molar-refractivity contribution in [2.24, 2.45) is 0 Å². The molecule has 0 radical (unpaired) electrons. The van der Waals surface area contributed by atoms with Crippen molar-refractivity contribution in [3.63, 3.8) is 0 Å². The van der Waals surface area contributed by atoms with Gasteiger partial charge < -0.3 is 20.4 Å². The summed E-state index contributed by atoms with van der Waals surface area (Å²) in [4.78, 5) is 0. The van der Waals surface area contributed by atoms with E-state index in [9.17, 15) is 20.4 Å². The summed E-state index contributed by atoms with van der Waals surface area (Å²) in [6.45, 7) is 4.29. The fraction of sp³-hybridized carbons (Fsp3) is 0.226. The molecule has 0 aromatic heterocycles. The topological polar surface area (TPSA) is 80.9 Å². The zero-order valence-corrected chi connectivity index (χ0v) is 20.3. The van der Waals surface area contributed by atoms with Gasteiger partial charge in [-0.15, -0.1) is 0 Å². The van der Waals surface area contributed by atoms with Crippen LogP contribution in [0.25, 0.3) is 0 Å². The van der Waals surface area contributed by atoms with Gasteiger partial charge in [-0.1, -0.05) is 68.8 Å². The van der Waals surface area contributed by atoms with E-state index in [1.54, 1.807) is 48.5 Å². The molecule has 0 amide bonds. The highest BCUT2D eigenvalue weighted by Crippen LogP contribution is 2.31. The fourth-order valence-electron chi connectivity index (χ4n) is 4.30. The summed E-state index contributed by atoms with van der Waals surface area (Å²) in [6, 6.07) is 29.3. The third-order valence-electron chi connectivity index (χ3n) is 6.17. The second-order valence-corrected chi connectivity index (χ2v) is 8.67. The molecule has 182 valence electrons. The molecule has 0 aliphatic rings. The summed E-state index contributed by atoms with van der Waals surface area (Å²) in [5.74, 6) is 1.77. The molecule has 0 heterocycles. The van der Waals surface area contributed by atoms with Crippen LogP contribution in [0.3, 0.4) is 0 Å². The van der Waals surface area contributed by atoms with Crippen LogP contribution in [0, 0.1) is 0 Å². The Morgan fingerprint density at radius 3 is 0.914 bits per heavy atom. The predicted molar refractivity (Wildman–Crippen MR) is 141 cm³/mol. The third-order valence-corrected chi connectivity index (χ3v) is 6.17. The Bertz CT molecular complexity index is 1060. The van der Waals surface area contributed by atoms with E-state index in [1.807, 2.05) is 48.5 Å². The van der Waals surface area contributed by atoms with Gasteiger partial charge in [0.25, 0.3) is 0 Å². The van der Waals surface area contributed by atoms with Gasteiger partial charge in [-0.25, -0.2) is 0 Å². The van der Waals surface area contributed by atoms with Gasteiger partial charge in [0.05, 0.1) is 0 Å². The van der Waals surface area contributed by atoms with Crippen molar-refractivity contribution in [1.82, 2.24) is 0 Å². The first-order valence-electron chi connectivity index (χ1n) is 12.1. The molecule has 0 fully saturated rings. The molecule has 4 rings (SSSR count). The summed E-state index contributed by atoms with van der Waals surface area (Å²) in [6.07, 6.45) is 3.12. The van der Waals surface area contributed by atoms with Crippen molar-refractivity contribution in [2.45, 2.75) is 44.9 Å². The molecule has 0 unspecified atom stereocenters. The Labute approximate surface area is 207 Å². The summed E-state index contributed by atoms with van der Waals surface area (Å²) in [5.41, 5.74) is 4.74. The van der Waals surface area contributed by atoms with Crippen molar-refractivity contribution in [2.75, 3.05) is 0 Å². The van der Waals surface area contributed by atoms with Crippen LogP contribution in [0.1, 0.15) is 67.2 Å². The zero-order valence-electron chi connectivity index (χ0n) is 20.3. The summed E-state index contributed by atoms with van der Waals surface area (Å²) >= 11 is 0. The molecular weight excluding hydrogens is 436 g/mol. The van der Waals surface area contributed by atoms with Gasteiger partial charge >= 0.3 is 0 Å². The normalized spacial score (nSPS) is 10.7. The van der Waals surface area contributed by atoms with Crippen LogP contribution in [0.5, 0.6) is 23.0 Å². The number of phenols is 4. The number of rotatable bonds is 7. The van der Waals surface area contributed by atoms with Crippen molar-refractivity contribution in [1.29, 1.82) is 0 Å². The molecule has 4 nitrogen and oxygen atoms in total. The van der Waals surface area contributed by atoms with E-state index in [0.717, 1.165) is 19.3 Å². The lowest BCUT2D eigenvalue weighted by atomic mass is 9.87. The van der Waals surface area contributed by atoms with Gasteiger partial charge in [-0.3, -0.25) is 0 Å². The Morgan fingerprint density at radius 1 is 0.429 bits per heavy atom. The van der Waals surface area contributed by atoms with Gasteiger partial charge in [0.15, 0.2) is 0 Å². The second kappa shape index (κ2) is 12.5. The van der Waals surface area contributed by atoms with Gasteiger partial charge in [-0.05, 0) is 83.6 Å². The Morgan fingerprint density at radius 2 is 0.686 bits per heavy atom. The number of hydrogen-bond donors (Lipinski definition) is 4. The minimum atomic E-state index is 0.286. The van der Waals surface area contributed by atoms with Gasteiger partial charge in [-0.2, -0.15) is 0 Å².